The Labute approximate surface area is 126 Å². The van der Waals surface area contributed by atoms with Gasteiger partial charge in [-0.1, -0.05) is 44.2 Å². The molecule has 1 saturated carbocycles. The van der Waals surface area contributed by atoms with E-state index in [0.717, 1.165) is 0 Å². The van der Waals surface area contributed by atoms with Gasteiger partial charge in [-0.2, -0.15) is 0 Å². The molecule has 21 heavy (non-hydrogen) atoms. The van der Waals surface area contributed by atoms with E-state index in [1.54, 1.807) is 18.2 Å². The van der Waals surface area contributed by atoms with E-state index < -0.39 is 11.9 Å². The molecule has 1 aromatic rings. The molecule has 1 fully saturated rings. The van der Waals surface area contributed by atoms with Crippen molar-refractivity contribution in [3.05, 3.63) is 30.1 Å². The first-order valence-corrected chi connectivity index (χ1v) is 8.04. The number of para-hydroxylation sites is 1. The van der Waals surface area contributed by atoms with Crippen LogP contribution in [0.15, 0.2) is 24.3 Å². The number of benzene rings is 1. The summed E-state index contributed by atoms with van der Waals surface area (Å²) in [5.74, 6) is -0.194. The van der Waals surface area contributed by atoms with Crippen molar-refractivity contribution in [1.82, 2.24) is 5.32 Å². The zero-order chi connectivity index (χ0) is 14.9. The van der Waals surface area contributed by atoms with E-state index in [4.69, 9.17) is 4.74 Å². The third-order valence-corrected chi connectivity index (χ3v) is 4.02. The lowest BCUT2D eigenvalue weighted by Gasteiger charge is -2.22. The number of hydrogen-bond acceptors (Lipinski definition) is 3. The predicted octanol–water partition coefficient (Wildman–Crippen LogP) is 3.27. The van der Waals surface area contributed by atoms with Gasteiger partial charge in [0.1, 0.15) is 12.7 Å². The Morgan fingerprint density at radius 1 is 1.14 bits per heavy atom. The number of rotatable bonds is 6. The van der Waals surface area contributed by atoms with Crippen molar-refractivity contribution < 1.29 is 14.2 Å². The van der Waals surface area contributed by atoms with E-state index in [2.05, 4.69) is 5.32 Å². The molecule has 1 atom stereocenters. The lowest BCUT2D eigenvalue weighted by Crippen LogP contribution is -2.38. The largest absolute Gasteiger partial charge is 0.488 e. The van der Waals surface area contributed by atoms with Crippen molar-refractivity contribution in [2.24, 2.45) is 0 Å². The van der Waals surface area contributed by atoms with Crippen LogP contribution in [0, 0.1) is 5.82 Å². The van der Waals surface area contributed by atoms with Crippen LogP contribution in [-0.2, 0) is 0 Å². The standard InChI is InChI=1S/C17H26FNO2/c18-16-10-6-7-11-17(16)21-13-15(20)12-19-14-8-4-2-1-3-5-9-14/h6-7,10-11,14-15,19-20H,1-5,8-9,12-13H2. The Hall–Kier alpha value is -1.13. The summed E-state index contributed by atoms with van der Waals surface area (Å²) in [7, 11) is 0. The predicted molar refractivity (Wildman–Crippen MR) is 82.0 cm³/mol. The molecule has 2 N–H and O–H groups in total. The normalized spacial score (nSPS) is 18.8. The van der Waals surface area contributed by atoms with Gasteiger partial charge in [0.2, 0.25) is 0 Å². The van der Waals surface area contributed by atoms with Crippen LogP contribution in [0.25, 0.3) is 0 Å². The number of halogens is 1. The first kappa shape index (κ1) is 16.2. The lowest BCUT2D eigenvalue weighted by atomic mass is 9.96. The number of aliphatic hydroxyl groups excluding tert-OH is 1. The van der Waals surface area contributed by atoms with Crippen molar-refractivity contribution in [3.63, 3.8) is 0 Å². The average Bonchev–Trinajstić information content (AvgIpc) is 2.45. The minimum absolute atomic E-state index is 0.112. The van der Waals surface area contributed by atoms with Crippen molar-refractivity contribution in [1.29, 1.82) is 0 Å². The van der Waals surface area contributed by atoms with Gasteiger partial charge in [0.15, 0.2) is 11.6 Å². The van der Waals surface area contributed by atoms with Crippen molar-refractivity contribution >= 4 is 0 Å². The molecule has 0 aromatic heterocycles. The first-order chi connectivity index (χ1) is 10.3. The monoisotopic (exact) mass is 295 g/mol. The minimum atomic E-state index is -0.616. The fourth-order valence-electron chi connectivity index (χ4n) is 2.77. The molecule has 0 saturated heterocycles. The highest BCUT2D eigenvalue weighted by Gasteiger charge is 2.13. The SMILES string of the molecule is OC(CNC1CCCCCCC1)COc1ccccc1F. The highest BCUT2D eigenvalue weighted by Crippen LogP contribution is 2.17. The summed E-state index contributed by atoms with van der Waals surface area (Å²) in [6, 6.07) is 6.76. The van der Waals surface area contributed by atoms with Gasteiger partial charge < -0.3 is 15.2 Å². The van der Waals surface area contributed by atoms with Crippen LogP contribution in [0.5, 0.6) is 5.75 Å². The van der Waals surface area contributed by atoms with Crippen LogP contribution in [0.3, 0.4) is 0 Å². The summed E-state index contributed by atoms with van der Waals surface area (Å²) in [5.41, 5.74) is 0. The summed E-state index contributed by atoms with van der Waals surface area (Å²) >= 11 is 0. The molecule has 0 spiro atoms. The molecule has 1 aliphatic carbocycles. The Kier molecular flexibility index (Phi) is 6.96. The molecule has 1 aromatic carbocycles. The summed E-state index contributed by atoms with van der Waals surface area (Å²) < 4.78 is 18.7. The maximum Gasteiger partial charge on any atom is 0.165 e. The molecule has 0 bridgehead atoms. The quantitative estimate of drug-likeness (QED) is 0.846. The van der Waals surface area contributed by atoms with Gasteiger partial charge in [0, 0.05) is 12.6 Å². The molecule has 2 rings (SSSR count). The average molecular weight is 295 g/mol. The van der Waals surface area contributed by atoms with Gasteiger partial charge in [-0.3, -0.25) is 0 Å². The molecule has 0 radical (unpaired) electrons. The Morgan fingerprint density at radius 2 is 1.81 bits per heavy atom. The van der Waals surface area contributed by atoms with Crippen LogP contribution in [0.4, 0.5) is 4.39 Å². The van der Waals surface area contributed by atoms with E-state index in [9.17, 15) is 9.50 Å². The molecule has 0 heterocycles. The van der Waals surface area contributed by atoms with Gasteiger partial charge >= 0.3 is 0 Å². The molecule has 3 nitrogen and oxygen atoms in total. The van der Waals surface area contributed by atoms with Crippen LogP contribution >= 0.6 is 0 Å². The Balaban J connectivity index is 1.67. The van der Waals surface area contributed by atoms with Gasteiger partial charge in [0.05, 0.1) is 0 Å². The molecule has 118 valence electrons. The number of nitrogens with one attached hydrogen (secondary N) is 1. The summed E-state index contributed by atoms with van der Waals surface area (Å²) in [5, 5.41) is 13.4. The number of ether oxygens (including phenoxy) is 1. The first-order valence-electron chi connectivity index (χ1n) is 8.04. The second-order valence-corrected chi connectivity index (χ2v) is 5.85. The molecule has 1 aliphatic rings. The van der Waals surface area contributed by atoms with E-state index in [0.29, 0.717) is 12.6 Å². The smallest absolute Gasteiger partial charge is 0.165 e. The van der Waals surface area contributed by atoms with Crippen LogP contribution in [0.1, 0.15) is 44.9 Å². The zero-order valence-electron chi connectivity index (χ0n) is 12.6. The maximum atomic E-state index is 13.4. The molecular formula is C17H26FNO2. The highest BCUT2D eigenvalue weighted by atomic mass is 19.1. The van der Waals surface area contributed by atoms with E-state index >= 15 is 0 Å². The Bertz CT molecular complexity index is 406. The van der Waals surface area contributed by atoms with Gasteiger partial charge in [0.25, 0.3) is 0 Å². The maximum absolute atomic E-state index is 13.4. The molecule has 4 heteroatoms. The van der Waals surface area contributed by atoms with Crippen molar-refractivity contribution in [3.8, 4) is 5.75 Å². The number of hydrogen-bond donors (Lipinski definition) is 2. The van der Waals surface area contributed by atoms with E-state index in [1.165, 1.54) is 51.0 Å². The second kappa shape index (κ2) is 9.00. The molecular weight excluding hydrogens is 269 g/mol. The van der Waals surface area contributed by atoms with Crippen molar-refractivity contribution in [2.45, 2.75) is 57.1 Å². The van der Waals surface area contributed by atoms with Crippen LogP contribution in [-0.4, -0.2) is 30.4 Å². The van der Waals surface area contributed by atoms with Gasteiger partial charge in [-0.15, -0.1) is 0 Å². The lowest BCUT2D eigenvalue weighted by molar-refractivity contribution is 0.100. The fourth-order valence-corrected chi connectivity index (χ4v) is 2.77. The van der Waals surface area contributed by atoms with Crippen molar-refractivity contribution in [2.75, 3.05) is 13.2 Å². The van der Waals surface area contributed by atoms with E-state index in [1.807, 2.05) is 0 Å². The Morgan fingerprint density at radius 3 is 2.52 bits per heavy atom. The third-order valence-electron chi connectivity index (χ3n) is 4.02. The second-order valence-electron chi connectivity index (χ2n) is 5.85. The molecule has 0 aliphatic heterocycles. The van der Waals surface area contributed by atoms with E-state index in [-0.39, 0.29) is 12.4 Å². The topological polar surface area (TPSA) is 41.5 Å². The highest BCUT2D eigenvalue weighted by molar-refractivity contribution is 5.23. The number of aliphatic hydroxyl groups is 1. The minimum Gasteiger partial charge on any atom is -0.488 e. The molecule has 0 amide bonds. The summed E-state index contributed by atoms with van der Waals surface area (Å²) in [4.78, 5) is 0. The van der Waals surface area contributed by atoms with Crippen LogP contribution < -0.4 is 10.1 Å². The fraction of sp³-hybridized carbons (Fsp3) is 0.647. The van der Waals surface area contributed by atoms with Crippen LogP contribution in [0.2, 0.25) is 0 Å². The van der Waals surface area contributed by atoms with Gasteiger partial charge in [-0.05, 0) is 25.0 Å². The zero-order valence-corrected chi connectivity index (χ0v) is 12.6. The molecule has 1 unspecified atom stereocenters. The van der Waals surface area contributed by atoms with Gasteiger partial charge in [-0.25, -0.2) is 4.39 Å². The summed E-state index contributed by atoms with van der Waals surface area (Å²) in [6.07, 6.45) is 8.26. The summed E-state index contributed by atoms with van der Waals surface area (Å²) in [6.45, 7) is 0.611. The third kappa shape index (κ3) is 6.02.